The highest BCUT2D eigenvalue weighted by atomic mass is 19.4. The Kier molecular flexibility index (Phi) is 3.90. The number of aryl methyl sites for hydroxylation is 1. The molecule has 2 aromatic rings. The highest BCUT2D eigenvalue weighted by Gasteiger charge is 2.28. The zero-order chi connectivity index (χ0) is 13.9. The molecule has 0 fully saturated rings. The average molecular weight is 266 g/mol. The van der Waals surface area contributed by atoms with Gasteiger partial charge >= 0.3 is 6.36 Å². The standard InChI is InChI=1S/C15H13F3O/c1-11-5-7-13(8-6-11)14-4-2-3-12(9-14)10-19-15(16,17)18/h2-9H,10H2,1H3. The number of alkyl halides is 3. The summed E-state index contributed by atoms with van der Waals surface area (Å²) in [5, 5.41) is 0. The van der Waals surface area contributed by atoms with Crippen LogP contribution >= 0.6 is 0 Å². The summed E-state index contributed by atoms with van der Waals surface area (Å²) >= 11 is 0. The summed E-state index contributed by atoms with van der Waals surface area (Å²) in [6.07, 6.45) is -4.60. The largest absolute Gasteiger partial charge is 0.522 e. The van der Waals surface area contributed by atoms with Crippen LogP contribution < -0.4 is 0 Å². The number of rotatable bonds is 3. The third-order valence-corrected chi connectivity index (χ3v) is 2.71. The van der Waals surface area contributed by atoms with Gasteiger partial charge in [-0.25, -0.2) is 0 Å². The zero-order valence-electron chi connectivity index (χ0n) is 10.4. The second-order valence-corrected chi connectivity index (χ2v) is 4.30. The van der Waals surface area contributed by atoms with Gasteiger partial charge in [-0.2, -0.15) is 0 Å². The average Bonchev–Trinajstić information content (AvgIpc) is 2.37. The van der Waals surface area contributed by atoms with Crippen LogP contribution in [0.1, 0.15) is 11.1 Å². The quantitative estimate of drug-likeness (QED) is 0.782. The van der Waals surface area contributed by atoms with Crippen LogP contribution in [-0.2, 0) is 11.3 Å². The van der Waals surface area contributed by atoms with Crippen LogP contribution in [0, 0.1) is 6.92 Å². The molecule has 4 heteroatoms. The minimum absolute atomic E-state index is 0.469. The van der Waals surface area contributed by atoms with E-state index in [2.05, 4.69) is 4.74 Å². The predicted molar refractivity (Wildman–Crippen MR) is 67.5 cm³/mol. The first-order valence-electron chi connectivity index (χ1n) is 5.81. The maximum absolute atomic E-state index is 12.0. The molecule has 2 rings (SSSR count). The number of benzene rings is 2. The summed E-state index contributed by atoms with van der Waals surface area (Å²) in [5.41, 5.74) is 3.48. The normalized spacial score (nSPS) is 11.6. The fourth-order valence-corrected chi connectivity index (χ4v) is 1.75. The molecule has 0 aliphatic carbocycles. The van der Waals surface area contributed by atoms with E-state index in [1.807, 2.05) is 37.3 Å². The third kappa shape index (κ3) is 4.10. The molecule has 0 atom stereocenters. The smallest absolute Gasteiger partial charge is 0.287 e. The molecule has 0 N–H and O–H groups in total. The lowest BCUT2D eigenvalue weighted by Gasteiger charge is -2.09. The number of ether oxygens (including phenoxy) is 1. The molecule has 19 heavy (non-hydrogen) atoms. The molecule has 0 saturated carbocycles. The van der Waals surface area contributed by atoms with E-state index in [9.17, 15) is 13.2 Å². The topological polar surface area (TPSA) is 9.23 Å². The van der Waals surface area contributed by atoms with Gasteiger partial charge < -0.3 is 0 Å². The van der Waals surface area contributed by atoms with Gasteiger partial charge in [0.15, 0.2) is 0 Å². The summed E-state index contributed by atoms with van der Waals surface area (Å²) in [5.74, 6) is 0. The zero-order valence-corrected chi connectivity index (χ0v) is 10.4. The maximum Gasteiger partial charge on any atom is 0.522 e. The Morgan fingerprint density at radius 1 is 0.947 bits per heavy atom. The van der Waals surface area contributed by atoms with Crippen molar-refractivity contribution in [3.05, 3.63) is 59.7 Å². The molecular weight excluding hydrogens is 253 g/mol. The van der Waals surface area contributed by atoms with E-state index in [0.717, 1.165) is 16.7 Å². The van der Waals surface area contributed by atoms with E-state index in [1.54, 1.807) is 18.2 Å². The molecular formula is C15H13F3O. The Morgan fingerprint density at radius 3 is 2.26 bits per heavy atom. The SMILES string of the molecule is Cc1ccc(-c2cccc(COC(F)(F)F)c2)cc1. The molecule has 0 bridgehead atoms. The molecule has 0 spiro atoms. The van der Waals surface area contributed by atoms with Gasteiger partial charge in [-0.15, -0.1) is 13.2 Å². The summed E-state index contributed by atoms with van der Waals surface area (Å²) < 4.78 is 39.8. The lowest BCUT2D eigenvalue weighted by molar-refractivity contribution is -0.330. The first-order chi connectivity index (χ1) is 8.94. The lowest BCUT2D eigenvalue weighted by Crippen LogP contribution is -2.12. The molecule has 0 radical (unpaired) electrons. The lowest BCUT2D eigenvalue weighted by atomic mass is 10.0. The molecule has 0 unspecified atom stereocenters. The van der Waals surface area contributed by atoms with Gasteiger partial charge in [-0.1, -0.05) is 48.0 Å². The molecule has 100 valence electrons. The first-order valence-corrected chi connectivity index (χ1v) is 5.81. The van der Waals surface area contributed by atoms with Crippen molar-refractivity contribution < 1.29 is 17.9 Å². The van der Waals surface area contributed by atoms with Gasteiger partial charge in [0.2, 0.25) is 0 Å². The fraction of sp³-hybridized carbons (Fsp3) is 0.200. The summed E-state index contributed by atoms with van der Waals surface area (Å²) in [4.78, 5) is 0. The van der Waals surface area contributed by atoms with E-state index in [4.69, 9.17) is 0 Å². The van der Waals surface area contributed by atoms with Crippen molar-refractivity contribution in [3.63, 3.8) is 0 Å². The monoisotopic (exact) mass is 266 g/mol. The van der Waals surface area contributed by atoms with Crippen molar-refractivity contribution in [2.45, 2.75) is 19.9 Å². The van der Waals surface area contributed by atoms with Gasteiger partial charge in [0.05, 0.1) is 6.61 Å². The van der Waals surface area contributed by atoms with Crippen molar-refractivity contribution in [3.8, 4) is 11.1 Å². The Morgan fingerprint density at radius 2 is 1.63 bits per heavy atom. The van der Waals surface area contributed by atoms with Crippen molar-refractivity contribution >= 4 is 0 Å². The second-order valence-electron chi connectivity index (χ2n) is 4.30. The van der Waals surface area contributed by atoms with Crippen molar-refractivity contribution in [1.82, 2.24) is 0 Å². The number of hydrogen-bond acceptors (Lipinski definition) is 1. The molecule has 0 heterocycles. The van der Waals surface area contributed by atoms with E-state index in [0.29, 0.717) is 5.56 Å². The molecule has 2 aromatic carbocycles. The van der Waals surface area contributed by atoms with E-state index < -0.39 is 13.0 Å². The van der Waals surface area contributed by atoms with Crippen LogP contribution in [-0.4, -0.2) is 6.36 Å². The van der Waals surface area contributed by atoms with Gasteiger partial charge in [0.25, 0.3) is 0 Å². The van der Waals surface area contributed by atoms with Crippen molar-refractivity contribution in [2.24, 2.45) is 0 Å². The molecule has 1 nitrogen and oxygen atoms in total. The van der Waals surface area contributed by atoms with E-state index in [1.165, 1.54) is 0 Å². The summed E-state index contributed by atoms with van der Waals surface area (Å²) in [7, 11) is 0. The van der Waals surface area contributed by atoms with Gasteiger partial charge in [0.1, 0.15) is 0 Å². The second kappa shape index (κ2) is 5.45. The van der Waals surface area contributed by atoms with Crippen LogP contribution in [0.15, 0.2) is 48.5 Å². The molecule has 0 aliphatic rings. The molecule has 0 saturated heterocycles. The maximum atomic E-state index is 12.0. The number of hydrogen-bond donors (Lipinski definition) is 0. The third-order valence-electron chi connectivity index (χ3n) is 2.71. The van der Waals surface area contributed by atoms with Gasteiger partial charge in [-0.3, -0.25) is 4.74 Å². The van der Waals surface area contributed by atoms with E-state index >= 15 is 0 Å². The minimum atomic E-state index is -4.60. The minimum Gasteiger partial charge on any atom is -0.287 e. The van der Waals surface area contributed by atoms with Crippen molar-refractivity contribution in [2.75, 3.05) is 0 Å². The highest BCUT2D eigenvalue weighted by Crippen LogP contribution is 2.23. The Balaban J connectivity index is 2.17. The summed E-state index contributed by atoms with van der Waals surface area (Å²) in [6.45, 7) is 1.51. The van der Waals surface area contributed by atoms with Crippen LogP contribution in [0.25, 0.3) is 11.1 Å². The fourth-order valence-electron chi connectivity index (χ4n) is 1.75. The van der Waals surface area contributed by atoms with Gasteiger partial charge in [0, 0.05) is 0 Å². The molecule has 0 aliphatic heterocycles. The van der Waals surface area contributed by atoms with Crippen LogP contribution in [0.4, 0.5) is 13.2 Å². The first kappa shape index (κ1) is 13.6. The van der Waals surface area contributed by atoms with E-state index in [-0.39, 0.29) is 0 Å². The van der Waals surface area contributed by atoms with Crippen molar-refractivity contribution in [1.29, 1.82) is 0 Å². The number of halogens is 3. The van der Waals surface area contributed by atoms with Crippen LogP contribution in [0.5, 0.6) is 0 Å². The molecule has 0 amide bonds. The Labute approximate surface area is 109 Å². The van der Waals surface area contributed by atoms with Gasteiger partial charge in [-0.05, 0) is 29.7 Å². The highest BCUT2D eigenvalue weighted by molar-refractivity contribution is 5.64. The van der Waals surface area contributed by atoms with Crippen LogP contribution in [0.2, 0.25) is 0 Å². The molecule has 0 aromatic heterocycles. The summed E-state index contributed by atoms with van der Waals surface area (Å²) in [6, 6.07) is 14.7. The Bertz CT molecular complexity index is 544. The predicted octanol–water partition coefficient (Wildman–Crippen LogP) is 4.70. The van der Waals surface area contributed by atoms with Crippen LogP contribution in [0.3, 0.4) is 0 Å². The Hall–Kier alpha value is -1.81.